The Kier molecular flexibility index (Phi) is 4.15. The number of carbonyl (C=O) groups excluding carboxylic acids is 1. The second kappa shape index (κ2) is 6.06. The Hall–Kier alpha value is -1.55. The number of likely N-dealkylation sites (N-methyl/N-ethyl adjacent to an activating group) is 1. The lowest BCUT2D eigenvalue weighted by Crippen LogP contribution is -2.39. The molecule has 1 heterocycles. The number of fused-ring (bicyclic) bond motifs is 1. The van der Waals surface area contributed by atoms with Crippen LogP contribution in [-0.4, -0.2) is 34.1 Å². The smallest absolute Gasteiger partial charge is 0.228 e. The Balaban J connectivity index is 1.75. The third-order valence-corrected chi connectivity index (χ3v) is 4.76. The number of hydrogen-bond donors (Lipinski definition) is 1. The Morgan fingerprint density at radius 2 is 2.14 bits per heavy atom. The highest BCUT2D eigenvalue weighted by molar-refractivity contribution is 6.35. The average Bonchev–Trinajstić information content (AvgIpc) is 2.92. The number of benzene rings is 1. The van der Waals surface area contributed by atoms with Gasteiger partial charge < -0.3 is 4.90 Å². The quantitative estimate of drug-likeness (QED) is 0.942. The van der Waals surface area contributed by atoms with Crippen LogP contribution < -0.4 is 0 Å². The number of rotatable bonds is 3. The summed E-state index contributed by atoms with van der Waals surface area (Å²) in [4.78, 5) is 14.4. The first kappa shape index (κ1) is 14.4. The van der Waals surface area contributed by atoms with Gasteiger partial charge in [-0.3, -0.25) is 9.89 Å². The number of H-pyrrole nitrogens is 1. The monoisotopic (exact) mass is 305 g/mol. The summed E-state index contributed by atoms with van der Waals surface area (Å²) in [7, 11) is 1.92. The van der Waals surface area contributed by atoms with Crippen LogP contribution in [0.2, 0.25) is 5.02 Å². The molecule has 4 nitrogen and oxygen atoms in total. The second-order valence-electron chi connectivity index (χ2n) is 5.81. The van der Waals surface area contributed by atoms with Crippen molar-refractivity contribution < 1.29 is 4.79 Å². The molecule has 2 aromatic rings. The van der Waals surface area contributed by atoms with E-state index in [0.29, 0.717) is 17.5 Å². The van der Waals surface area contributed by atoms with Gasteiger partial charge in [-0.05, 0) is 18.9 Å². The highest BCUT2D eigenvalue weighted by atomic mass is 35.5. The van der Waals surface area contributed by atoms with Crippen molar-refractivity contribution in [2.45, 2.75) is 44.6 Å². The number of hydrogen-bond acceptors (Lipinski definition) is 2. The molecule has 0 saturated heterocycles. The summed E-state index contributed by atoms with van der Waals surface area (Å²) in [6, 6.07) is 6.04. The molecule has 0 atom stereocenters. The van der Waals surface area contributed by atoms with Gasteiger partial charge >= 0.3 is 0 Å². The van der Waals surface area contributed by atoms with Crippen LogP contribution in [0.25, 0.3) is 10.9 Å². The summed E-state index contributed by atoms with van der Waals surface area (Å²) in [5.41, 5.74) is 1.59. The van der Waals surface area contributed by atoms with Gasteiger partial charge in [-0.2, -0.15) is 5.10 Å². The van der Waals surface area contributed by atoms with E-state index in [4.69, 9.17) is 11.6 Å². The molecule has 0 aliphatic heterocycles. The number of nitrogens with one attached hydrogen (secondary N) is 1. The highest BCUT2D eigenvalue weighted by Gasteiger charge is 2.23. The van der Waals surface area contributed by atoms with Gasteiger partial charge in [-0.1, -0.05) is 43.0 Å². The van der Waals surface area contributed by atoms with Crippen molar-refractivity contribution in [1.82, 2.24) is 15.1 Å². The summed E-state index contributed by atoms with van der Waals surface area (Å²) in [5.74, 6) is 0.146. The molecule has 1 N–H and O–H groups in total. The van der Waals surface area contributed by atoms with E-state index in [2.05, 4.69) is 10.2 Å². The van der Waals surface area contributed by atoms with E-state index in [0.717, 1.165) is 29.4 Å². The summed E-state index contributed by atoms with van der Waals surface area (Å²) in [6.45, 7) is 0. The first-order chi connectivity index (χ1) is 10.2. The predicted octanol–water partition coefficient (Wildman–Crippen LogP) is 3.55. The average molecular weight is 306 g/mol. The van der Waals surface area contributed by atoms with E-state index in [1.807, 2.05) is 30.1 Å². The SMILES string of the molecule is CN(C(=O)Cc1[nH]nc2c(Cl)cccc12)C1CCCCC1. The standard InChI is InChI=1S/C16H20ClN3O/c1-20(11-6-3-2-4-7-11)15(21)10-14-12-8-5-9-13(17)16(12)19-18-14/h5,8-9,11H,2-4,6-7,10H2,1H3,(H,18,19). The van der Waals surface area contributed by atoms with Crippen molar-refractivity contribution in [3.63, 3.8) is 0 Å². The molecular weight excluding hydrogens is 286 g/mol. The normalized spacial score (nSPS) is 16.3. The molecule has 1 fully saturated rings. The second-order valence-corrected chi connectivity index (χ2v) is 6.22. The van der Waals surface area contributed by atoms with Gasteiger partial charge in [0.1, 0.15) is 5.52 Å². The number of para-hydroxylation sites is 1. The van der Waals surface area contributed by atoms with Gasteiger partial charge in [0.2, 0.25) is 5.91 Å². The molecule has 1 aromatic heterocycles. The Labute approximate surface area is 129 Å². The van der Waals surface area contributed by atoms with E-state index in [1.54, 1.807) is 0 Å². The van der Waals surface area contributed by atoms with E-state index in [-0.39, 0.29) is 5.91 Å². The molecule has 1 aliphatic rings. The summed E-state index contributed by atoms with van der Waals surface area (Å²) in [6.07, 6.45) is 6.34. The number of halogens is 1. The lowest BCUT2D eigenvalue weighted by molar-refractivity contribution is -0.131. The van der Waals surface area contributed by atoms with Crippen LogP contribution in [0.3, 0.4) is 0 Å². The number of aromatic nitrogens is 2. The van der Waals surface area contributed by atoms with Crippen molar-refractivity contribution in [1.29, 1.82) is 0 Å². The van der Waals surface area contributed by atoms with Crippen molar-refractivity contribution in [2.24, 2.45) is 0 Å². The van der Waals surface area contributed by atoms with Gasteiger partial charge in [0.25, 0.3) is 0 Å². The van der Waals surface area contributed by atoms with Gasteiger partial charge in [0, 0.05) is 18.5 Å². The zero-order valence-corrected chi connectivity index (χ0v) is 13.0. The molecule has 21 heavy (non-hydrogen) atoms. The zero-order valence-electron chi connectivity index (χ0n) is 12.2. The zero-order chi connectivity index (χ0) is 14.8. The predicted molar refractivity (Wildman–Crippen MR) is 84.5 cm³/mol. The molecule has 5 heteroatoms. The highest BCUT2D eigenvalue weighted by Crippen LogP contribution is 2.25. The molecule has 1 aromatic carbocycles. The van der Waals surface area contributed by atoms with E-state index in [1.165, 1.54) is 19.3 Å². The Morgan fingerprint density at radius 3 is 2.90 bits per heavy atom. The molecule has 1 amide bonds. The topological polar surface area (TPSA) is 49.0 Å². The lowest BCUT2D eigenvalue weighted by atomic mass is 9.94. The summed E-state index contributed by atoms with van der Waals surface area (Å²) < 4.78 is 0. The van der Waals surface area contributed by atoms with Gasteiger partial charge in [-0.25, -0.2) is 0 Å². The van der Waals surface area contributed by atoms with Crippen molar-refractivity contribution >= 4 is 28.4 Å². The van der Waals surface area contributed by atoms with E-state index >= 15 is 0 Å². The minimum absolute atomic E-state index is 0.146. The maximum absolute atomic E-state index is 12.5. The maximum atomic E-state index is 12.5. The van der Waals surface area contributed by atoms with Crippen molar-refractivity contribution in [3.05, 3.63) is 28.9 Å². The molecule has 1 aliphatic carbocycles. The van der Waals surface area contributed by atoms with E-state index < -0.39 is 0 Å². The third kappa shape index (κ3) is 2.91. The number of amides is 1. The molecule has 112 valence electrons. The summed E-state index contributed by atoms with van der Waals surface area (Å²) in [5, 5.41) is 8.73. The van der Waals surface area contributed by atoms with Gasteiger partial charge in [-0.15, -0.1) is 0 Å². The number of carbonyl (C=O) groups is 1. The first-order valence-electron chi connectivity index (χ1n) is 7.54. The fourth-order valence-electron chi connectivity index (χ4n) is 3.14. The minimum atomic E-state index is 0.146. The maximum Gasteiger partial charge on any atom is 0.228 e. The van der Waals surface area contributed by atoms with Gasteiger partial charge in [0.15, 0.2) is 0 Å². The first-order valence-corrected chi connectivity index (χ1v) is 7.91. The van der Waals surface area contributed by atoms with E-state index in [9.17, 15) is 4.79 Å². The summed E-state index contributed by atoms with van der Waals surface area (Å²) >= 11 is 6.11. The van der Waals surface area contributed by atoms with Crippen molar-refractivity contribution in [3.8, 4) is 0 Å². The van der Waals surface area contributed by atoms with Crippen LogP contribution in [0.4, 0.5) is 0 Å². The van der Waals surface area contributed by atoms with Crippen molar-refractivity contribution in [2.75, 3.05) is 7.05 Å². The van der Waals surface area contributed by atoms with Crippen LogP contribution in [0.5, 0.6) is 0 Å². The Bertz CT molecular complexity index is 646. The van der Waals surface area contributed by atoms with Crippen LogP contribution in [0.1, 0.15) is 37.8 Å². The molecule has 0 bridgehead atoms. The largest absolute Gasteiger partial charge is 0.342 e. The lowest BCUT2D eigenvalue weighted by Gasteiger charge is -2.31. The minimum Gasteiger partial charge on any atom is -0.342 e. The number of aromatic amines is 1. The molecule has 0 unspecified atom stereocenters. The molecule has 0 radical (unpaired) electrons. The van der Waals surface area contributed by atoms with Crippen LogP contribution >= 0.6 is 11.6 Å². The van der Waals surface area contributed by atoms with Crippen LogP contribution in [0.15, 0.2) is 18.2 Å². The molecular formula is C16H20ClN3O. The molecule has 0 spiro atoms. The van der Waals surface area contributed by atoms with Crippen LogP contribution in [0, 0.1) is 0 Å². The fourth-order valence-corrected chi connectivity index (χ4v) is 3.36. The third-order valence-electron chi connectivity index (χ3n) is 4.46. The molecule has 1 saturated carbocycles. The molecule has 3 rings (SSSR count). The fraction of sp³-hybridized carbons (Fsp3) is 0.500. The number of nitrogens with zero attached hydrogens (tertiary/aromatic N) is 2. The Morgan fingerprint density at radius 1 is 1.38 bits per heavy atom. The van der Waals surface area contributed by atoms with Gasteiger partial charge in [0.05, 0.1) is 17.1 Å². The van der Waals surface area contributed by atoms with Crippen LogP contribution in [-0.2, 0) is 11.2 Å².